The second-order valence-electron chi connectivity index (χ2n) is 6.44. The standard InChI is InChI=1S/C23H19FN2O3S/c1-17-9-14-21(30(28,29)26-20-12-10-19(24)11-13-20)16-22(17)23(27)25-15-5-8-18-6-3-2-4-7-18/h2-4,6-7,9-14,16,26H,15H2,1H3,(H,25,27). The lowest BCUT2D eigenvalue weighted by Crippen LogP contribution is -2.25. The maximum atomic E-state index is 13.0. The maximum Gasteiger partial charge on any atom is 0.261 e. The fraction of sp³-hybridized carbons (Fsp3) is 0.0870. The Morgan fingerprint density at radius 1 is 1.00 bits per heavy atom. The number of carbonyl (C=O) groups is 1. The number of aryl methyl sites for hydroxylation is 1. The number of rotatable bonds is 5. The lowest BCUT2D eigenvalue weighted by atomic mass is 10.1. The van der Waals surface area contributed by atoms with Gasteiger partial charge in [-0.25, -0.2) is 12.8 Å². The Kier molecular flexibility index (Phi) is 6.50. The minimum absolute atomic E-state index is 0.0713. The fourth-order valence-corrected chi connectivity index (χ4v) is 3.72. The summed E-state index contributed by atoms with van der Waals surface area (Å²) in [7, 11) is -3.94. The first-order valence-corrected chi connectivity index (χ1v) is 10.5. The Labute approximate surface area is 175 Å². The predicted octanol–water partition coefficient (Wildman–Crippen LogP) is 3.72. The zero-order valence-electron chi connectivity index (χ0n) is 16.1. The van der Waals surface area contributed by atoms with Crippen LogP contribution in [0.2, 0.25) is 0 Å². The van der Waals surface area contributed by atoms with Gasteiger partial charge in [-0.1, -0.05) is 36.1 Å². The molecule has 0 atom stereocenters. The second kappa shape index (κ2) is 9.25. The van der Waals surface area contributed by atoms with E-state index in [1.165, 1.54) is 24.3 Å². The number of hydrogen-bond acceptors (Lipinski definition) is 3. The summed E-state index contributed by atoms with van der Waals surface area (Å²) in [5, 5.41) is 2.68. The quantitative estimate of drug-likeness (QED) is 0.616. The first-order chi connectivity index (χ1) is 14.3. The molecule has 2 N–H and O–H groups in total. The van der Waals surface area contributed by atoms with Gasteiger partial charge in [-0.2, -0.15) is 0 Å². The molecule has 0 aliphatic heterocycles. The summed E-state index contributed by atoms with van der Waals surface area (Å²) in [5.41, 5.74) is 1.92. The molecule has 3 aromatic carbocycles. The zero-order valence-corrected chi connectivity index (χ0v) is 17.0. The molecule has 0 radical (unpaired) electrons. The molecule has 0 saturated carbocycles. The molecule has 7 heteroatoms. The highest BCUT2D eigenvalue weighted by atomic mass is 32.2. The van der Waals surface area contributed by atoms with Crippen molar-refractivity contribution < 1.29 is 17.6 Å². The monoisotopic (exact) mass is 422 g/mol. The number of anilines is 1. The Morgan fingerprint density at radius 2 is 1.70 bits per heavy atom. The summed E-state index contributed by atoms with van der Waals surface area (Å²) < 4.78 is 40.7. The SMILES string of the molecule is Cc1ccc(S(=O)(=O)Nc2ccc(F)cc2)cc1C(=O)NCC#Cc1ccccc1. The first-order valence-electron chi connectivity index (χ1n) is 9.06. The van der Waals surface area contributed by atoms with Gasteiger partial charge in [0.1, 0.15) is 5.82 Å². The number of amides is 1. The Balaban J connectivity index is 1.73. The van der Waals surface area contributed by atoms with E-state index in [2.05, 4.69) is 21.9 Å². The first kappa shape index (κ1) is 21.1. The van der Waals surface area contributed by atoms with E-state index in [1.54, 1.807) is 13.0 Å². The highest BCUT2D eigenvalue weighted by Gasteiger charge is 2.18. The van der Waals surface area contributed by atoms with Crippen LogP contribution in [0.1, 0.15) is 21.5 Å². The molecule has 152 valence electrons. The molecule has 0 aliphatic carbocycles. The van der Waals surface area contributed by atoms with Crippen molar-refractivity contribution in [1.29, 1.82) is 0 Å². The van der Waals surface area contributed by atoms with Crippen LogP contribution >= 0.6 is 0 Å². The van der Waals surface area contributed by atoms with Crippen LogP contribution in [-0.4, -0.2) is 20.9 Å². The summed E-state index contributed by atoms with van der Waals surface area (Å²) in [6, 6.07) is 18.6. The smallest absolute Gasteiger partial charge is 0.261 e. The van der Waals surface area contributed by atoms with Gasteiger partial charge < -0.3 is 5.32 Å². The fourth-order valence-electron chi connectivity index (χ4n) is 2.63. The van der Waals surface area contributed by atoms with Crippen LogP contribution in [0.4, 0.5) is 10.1 Å². The van der Waals surface area contributed by atoms with Gasteiger partial charge in [0.15, 0.2) is 0 Å². The third kappa shape index (κ3) is 5.46. The van der Waals surface area contributed by atoms with Gasteiger partial charge in [0.25, 0.3) is 15.9 Å². The van der Waals surface area contributed by atoms with Crippen LogP contribution in [0, 0.1) is 24.6 Å². The van der Waals surface area contributed by atoms with Crippen molar-refractivity contribution in [2.75, 3.05) is 11.3 Å². The van der Waals surface area contributed by atoms with Gasteiger partial charge >= 0.3 is 0 Å². The van der Waals surface area contributed by atoms with Gasteiger partial charge in [0.05, 0.1) is 11.4 Å². The van der Waals surface area contributed by atoms with Crippen molar-refractivity contribution in [2.24, 2.45) is 0 Å². The summed E-state index contributed by atoms with van der Waals surface area (Å²) in [5.74, 6) is 4.90. The minimum Gasteiger partial charge on any atom is -0.341 e. The average Bonchev–Trinajstić information content (AvgIpc) is 2.73. The lowest BCUT2D eigenvalue weighted by molar-refractivity contribution is 0.0958. The van der Waals surface area contributed by atoms with Gasteiger partial charge in [-0.15, -0.1) is 0 Å². The van der Waals surface area contributed by atoms with E-state index in [1.807, 2.05) is 30.3 Å². The highest BCUT2D eigenvalue weighted by Crippen LogP contribution is 2.19. The average molecular weight is 422 g/mol. The number of carbonyl (C=O) groups excluding carboxylic acids is 1. The zero-order chi connectivity index (χ0) is 21.6. The molecule has 0 heterocycles. The van der Waals surface area contributed by atoms with Crippen molar-refractivity contribution in [3.63, 3.8) is 0 Å². The van der Waals surface area contributed by atoms with E-state index in [0.29, 0.717) is 5.56 Å². The lowest BCUT2D eigenvalue weighted by Gasteiger charge is -2.11. The number of halogens is 1. The van der Waals surface area contributed by atoms with E-state index >= 15 is 0 Å². The van der Waals surface area contributed by atoms with Gasteiger partial charge in [-0.3, -0.25) is 9.52 Å². The van der Waals surface area contributed by atoms with Crippen LogP contribution in [0.25, 0.3) is 0 Å². The largest absolute Gasteiger partial charge is 0.341 e. The number of nitrogens with one attached hydrogen (secondary N) is 2. The van der Waals surface area contributed by atoms with Crippen molar-refractivity contribution in [2.45, 2.75) is 11.8 Å². The van der Waals surface area contributed by atoms with Crippen LogP contribution in [0.5, 0.6) is 0 Å². The summed E-state index contributed by atoms with van der Waals surface area (Å²) in [4.78, 5) is 12.4. The predicted molar refractivity (Wildman–Crippen MR) is 114 cm³/mol. The minimum atomic E-state index is -3.94. The summed E-state index contributed by atoms with van der Waals surface area (Å²) in [6.07, 6.45) is 0. The normalized spacial score (nSPS) is 10.6. The van der Waals surface area contributed by atoms with Crippen LogP contribution in [0.15, 0.2) is 77.7 Å². The second-order valence-corrected chi connectivity index (χ2v) is 8.12. The van der Waals surface area contributed by atoms with Gasteiger partial charge in [0, 0.05) is 16.8 Å². The molecule has 0 fully saturated rings. The van der Waals surface area contributed by atoms with E-state index in [9.17, 15) is 17.6 Å². The van der Waals surface area contributed by atoms with Crippen LogP contribution in [0.3, 0.4) is 0 Å². The summed E-state index contributed by atoms with van der Waals surface area (Å²) in [6.45, 7) is 1.84. The van der Waals surface area contributed by atoms with E-state index in [0.717, 1.165) is 17.7 Å². The molecular formula is C23H19FN2O3S. The molecule has 3 aromatic rings. The molecule has 5 nitrogen and oxygen atoms in total. The van der Waals surface area contributed by atoms with Crippen molar-refractivity contribution >= 4 is 21.6 Å². The van der Waals surface area contributed by atoms with Crippen molar-refractivity contribution in [3.8, 4) is 11.8 Å². The molecule has 3 rings (SSSR count). The highest BCUT2D eigenvalue weighted by molar-refractivity contribution is 7.92. The van der Waals surface area contributed by atoms with Crippen LogP contribution < -0.4 is 10.0 Å². The molecule has 0 aliphatic rings. The Morgan fingerprint density at radius 3 is 2.40 bits per heavy atom. The van der Waals surface area contributed by atoms with Crippen molar-refractivity contribution in [3.05, 3.63) is 95.3 Å². The Hall–Kier alpha value is -3.63. The molecular weight excluding hydrogens is 403 g/mol. The number of benzene rings is 3. The molecule has 1 amide bonds. The molecule has 0 saturated heterocycles. The summed E-state index contributed by atoms with van der Waals surface area (Å²) >= 11 is 0. The van der Waals surface area contributed by atoms with Gasteiger partial charge in [-0.05, 0) is 61.0 Å². The topological polar surface area (TPSA) is 75.3 Å². The molecule has 0 aromatic heterocycles. The van der Waals surface area contributed by atoms with E-state index < -0.39 is 21.7 Å². The number of sulfonamides is 1. The third-order valence-corrected chi connectivity index (χ3v) is 5.58. The molecule has 0 bridgehead atoms. The van der Waals surface area contributed by atoms with E-state index in [4.69, 9.17) is 0 Å². The maximum absolute atomic E-state index is 13.0. The Bertz CT molecular complexity index is 1210. The van der Waals surface area contributed by atoms with Crippen LogP contribution in [-0.2, 0) is 10.0 Å². The molecule has 30 heavy (non-hydrogen) atoms. The van der Waals surface area contributed by atoms with Gasteiger partial charge in [0.2, 0.25) is 0 Å². The molecule has 0 unspecified atom stereocenters. The number of hydrogen-bond donors (Lipinski definition) is 2. The van der Waals surface area contributed by atoms with Crippen molar-refractivity contribution in [1.82, 2.24) is 5.32 Å². The third-order valence-electron chi connectivity index (χ3n) is 4.20. The van der Waals surface area contributed by atoms with E-state index in [-0.39, 0.29) is 22.7 Å². The molecule has 0 spiro atoms.